The highest BCUT2D eigenvalue weighted by molar-refractivity contribution is 8.00. The number of benzene rings is 2. The van der Waals surface area contributed by atoms with Crippen LogP contribution in [0.5, 0.6) is 11.5 Å². The number of carbonyl (C=O) groups excluding carboxylic acids is 1. The molecule has 3 aromatic rings. The molecule has 4 rings (SSSR count). The summed E-state index contributed by atoms with van der Waals surface area (Å²) in [7, 11) is 3.15. The maximum atomic E-state index is 13.2. The van der Waals surface area contributed by atoms with Crippen LogP contribution >= 0.6 is 23.4 Å². The van der Waals surface area contributed by atoms with E-state index in [-0.39, 0.29) is 11.9 Å². The van der Waals surface area contributed by atoms with Crippen molar-refractivity contribution in [3.8, 4) is 11.5 Å². The lowest BCUT2D eigenvalue weighted by Gasteiger charge is -2.33. The van der Waals surface area contributed by atoms with Crippen LogP contribution in [0.3, 0.4) is 0 Å². The van der Waals surface area contributed by atoms with E-state index in [9.17, 15) is 4.79 Å². The predicted octanol–water partition coefficient (Wildman–Crippen LogP) is 3.65. The standard InChI is InChI=1S/C20H20ClN5O3S/c1-11-23-24-20-26(11)25-17(12-7-8-16(29-3)15(21)9-12)18(30-20)19(27)22-13-5-4-6-14(10-13)28-2/h4-10,17-18,25H,1-3H3,(H,22,27)/t17-,18+/m1/s1. The minimum atomic E-state index is -0.517. The van der Waals surface area contributed by atoms with Crippen LogP contribution in [-0.2, 0) is 4.79 Å². The fourth-order valence-corrected chi connectivity index (χ4v) is 4.59. The number of halogens is 1. The van der Waals surface area contributed by atoms with Gasteiger partial charge in [0.1, 0.15) is 22.6 Å². The van der Waals surface area contributed by atoms with Crippen molar-refractivity contribution in [3.63, 3.8) is 0 Å². The second kappa shape index (κ2) is 8.45. The number of methoxy groups -OCH3 is 2. The van der Waals surface area contributed by atoms with Gasteiger partial charge in [-0.3, -0.25) is 4.79 Å². The molecule has 0 saturated heterocycles. The summed E-state index contributed by atoms with van der Waals surface area (Å²) < 4.78 is 12.3. The van der Waals surface area contributed by atoms with Gasteiger partial charge in [0.25, 0.3) is 0 Å². The minimum Gasteiger partial charge on any atom is -0.497 e. The van der Waals surface area contributed by atoms with Gasteiger partial charge in [0, 0.05) is 11.8 Å². The quantitative estimate of drug-likeness (QED) is 0.619. The number of ether oxygens (including phenoxy) is 2. The Kier molecular flexibility index (Phi) is 5.74. The Morgan fingerprint density at radius 1 is 1.20 bits per heavy atom. The van der Waals surface area contributed by atoms with Crippen LogP contribution in [0.1, 0.15) is 17.4 Å². The fraction of sp³-hybridized carbons (Fsp3) is 0.250. The zero-order chi connectivity index (χ0) is 21.3. The van der Waals surface area contributed by atoms with Crippen LogP contribution < -0.4 is 20.2 Å². The lowest BCUT2D eigenvalue weighted by molar-refractivity contribution is -0.116. The monoisotopic (exact) mass is 445 g/mol. The van der Waals surface area contributed by atoms with Gasteiger partial charge in [-0.1, -0.05) is 35.5 Å². The van der Waals surface area contributed by atoms with E-state index in [4.69, 9.17) is 21.1 Å². The summed E-state index contributed by atoms with van der Waals surface area (Å²) in [4.78, 5) is 13.2. The lowest BCUT2D eigenvalue weighted by atomic mass is 10.0. The summed E-state index contributed by atoms with van der Waals surface area (Å²) in [6.07, 6.45) is 0. The zero-order valence-electron chi connectivity index (χ0n) is 16.5. The summed E-state index contributed by atoms with van der Waals surface area (Å²) in [5, 5.41) is 11.8. The van der Waals surface area contributed by atoms with Gasteiger partial charge in [0.15, 0.2) is 0 Å². The molecule has 0 radical (unpaired) electrons. The highest BCUT2D eigenvalue weighted by Crippen LogP contribution is 2.39. The largest absolute Gasteiger partial charge is 0.497 e. The summed E-state index contributed by atoms with van der Waals surface area (Å²) in [5.41, 5.74) is 4.84. The summed E-state index contributed by atoms with van der Waals surface area (Å²) in [6, 6.07) is 12.3. The third-order valence-corrected chi connectivity index (χ3v) is 6.24. The molecule has 2 N–H and O–H groups in total. The Morgan fingerprint density at radius 3 is 2.77 bits per heavy atom. The number of rotatable bonds is 5. The number of aromatic nitrogens is 3. The highest BCUT2D eigenvalue weighted by Gasteiger charge is 2.37. The van der Waals surface area contributed by atoms with Crippen LogP contribution in [-0.4, -0.2) is 40.3 Å². The van der Waals surface area contributed by atoms with Gasteiger partial charge in [0.2, 0.25) is 11.1 Å². The molecule has 30 heavy (non-hydrogen) atoms. The number of amides is 1. The second-order valence-corrected chi connectivity index (χ2v) is 8.14. The molecule has 1 amide bonds. The molecule has 2 heterocycles. The predicted molar refractivity (Wildman–Crippen MR) is 116 cm³/mol. The minimum absolute atomic E-state index is 0.176. The average Bonchev–Trinajstić information content (AvgIpc) is 3.12. The molecule has 0 spiro atoms. The fourth-order valence-electron chi connectivity index (χ4n) is 3.20. The molecule has 1 aliphatic rings. The van der Waals surface area contributed by atoms with Crippen LogP contribution in [0.15, 0.2) is 47.6 Å². The number of carbonyl (C=O) groups is 1. The number of thioether (sulfide) groups is 1. The van der Waals surface area contributed by atoms with E-state index < -0.39 is 5.25 Å². The molecule has 0 fully saturated rings. The molecule has 156 valence electrons. The van der Waals surface area contributed by atoms with Crippen molar-refractivity contribution >= 4 is 35.0 Å². The molecule has 1 aromatic heterocycles. The SMILES string of the molecule is COc1cccc(NC(=O)[C@H]2Sc3nnc(C)n3N[C@@H]2c2ccc(OC)c(Cl)c2)c1. The maximum Gasteiger partial charge on any atom is 0.240 e. The van der Waals surface area contributed by atoms with Crippen LogP contribution in [0.25, 0.3) is 0 Å². The number of hydrogen-bond acceptors (Lipinski definition) is 7. The number of hydrogen-bond donors (Lipinski definition) is 2. The third-order valence-electron chi connectivity index (χ3n) is 4.73. The van der Waals surface area contributed by atoms with Gasteiger partial charge in [0.05, 0.1) is 25.3 Å². The van der Waals surface area contributed by atoms with Gasteiger partial charge in [-0.05, 0) is 36.8 Å². The molecule has 10 heteroatoms. The first-order valence-electron chi connectivity index (χ1n) is 9.13. The normalized spacial score (nSPS) is 17.6. The number of aryl methyl sites for hydroxylation is 1. The van der Waals surface area contributed by atoms with Crippen molar-refractivity contribution < 1.29 is 14.3 Å². The Bertz CT molecular complexity index is 1090. The molecule has 8 nitrogen and oxygen atoms in total. The molecule has 0 bridgehead atoms. The van der Waals surface area contributed by atoms with E-state index in [1.807, 2.05) is 31.2 Å². The van der Waals surface area contributed by atoms with E-state index in [1.165, 1.54) is 11.8 Å². The van der Waals surface area contributed by atoms with Crippen molar-refractivity contribution in [2.24, 2.45) is 0 Å². The first-order valence-corrected chi connectivity index (χ1v) is 10.4. The number of nitrogens with one attached hydrogen (secondary N) is 2. The Hall–Kier alpha value is -2.91. The maximum absolute atomic E-state index is 13.2. The van der Waals surface area contributed by atoms with Crippen molar-refractivity contribution in [3.05, 3.63) is 58.9 Å². The van der Waals surface area contributed by atoms with E-state index in [1.54, 1.807) is 37.1 Å². The van der Waals surface area contributed by atoms with E-state index in [0.717, 1.165) is 5.56 Å². The molecule has 0 aliphatic carbocycles. The van der Waals surface area contributed by atoms with E-state index in [0.29, 0.717) is 33.2 Å². The Morgan fingerprint density at radius 2 is 2.03 bits per heavy atom. The van der Waals surface area contributed by atoms with Crippen LogP contribution in [0.2, 0.25) is 5.02 Å². The summed E-state index contributed by atoms with van der Waals surface area (Å²) in [6.45, 7) is 1.85. The first-order chi connectivity index (χ1) is 14.5. The molecule has 0 saturated carbocycles. The summed E-state index contributed by atoms with van der Waals surface area (Å²) in [5.74, 6) is 1.76. The molecule has 2 aromatic carbocycles. The van der Waals surface area contributed by atoms with Crippen molar-refractivity contribution in [2.75, 3.05) is 25.0 Å². The smallest absolute Gasteiger partial charge is 0.240 e. The second-order valence-electron chi connectivity index (χ2n) is 6.63. The number of nitrogens with zero attached hydrogens (tertiary/aromatic N) is 3. The van der Waals surface area contributed by atoms with Gasteiger partial charge in [-0.2, -0.15) is 0 Å². The molecule has 2 atom stereocenters. The number of anilines is 1. The van der Waals surface area contributed by atoms with Crippen molar-refractivity contribution in [1.29, 1.82) is 0 Å². The lowest BCUT2D eigenvalue weighted by Crippen LogP contribution is -2.41. The Balaban J connectivity index is 1.67. The summed E-state index contributed by atoms with van der Waals surface area (Å²) >= 11 is 7.69. The topological polar surface area (TPSA) is 90.3 Å². The van der Waals surface area contributed by atoms with Crippen LogP contribution in [0, 0.1) is 6.92 Å². The zero-order valence-corrected chi connectivity index (χ0v) is 18.1. The van der Waals surface area contributed by atoms with Gasteiger partial charge >= 0.3 is 0 Å². The highest BCUT2D eigenvalue weighted by atomic mass is 35.5. The molecule has 0 unspecified atom stereocenters. The van der Waals surface area contributed by atoms with E-state index >= 15 is 0 Å². The molecular weight excluding hydrogens is 426 g/mol. The first kappa shape index (κ1) is 20.4. The Labute approximate surface area is 182 Å². The van der Waals surface area contributed by atoms with Gasteiger partial charge in [-0.15, -0.1) is 10.2 Å². The third kappa shape index (κ3) is 3.90. The molecule has 1 aliphatic heterocycles. The van der Waals surface area contributed by atoms with Crippen LogP contribution in [0.4, 0.5) is 5.69 Å². The van der Waals surface area contributed by atoms with Crippen molar-refractivity contribution in [1.82, 2.24) is 14.9 Å². The number of fused-ring (bicyclic) bond motifs is 1. The van der Waals surface area contributed by atoms with E-state index in [2.05, 4.69) is 20.9 Å². The molecular formula is C20H20ClN5O3S. The van der Waals surface area contributed by atoms with Gasteiger partial charge in [-0.25, -0.2) is 4.68 Å². The van der Waals surface area contributed by atoms with Crippen molar-refractivity contribution in [2.45, 2.75) is 23.4 Å². The average molecular weight is 446 g/mol. The van der Waals surface area contributed by atoms with Gasteiger partial charge < -0.3 is 20.2 Å².